The van der Waals surface area contributed by atoms with Crippen LogP contribution in [0.4, 0.5) is 0 Å². The monoisotopic (exact) mass is 511 g/mol. The highest BCUT2D eigenvalue weighted by Crippen LogP contribution is 2.21. The van der Waals surface area contributed by atoms with Gasteiger partial charge in [-0.2, -0.15) is 0 Å². The number of carbonyl (C=O) groups is 1. The minimum Gasteiger partial charge on any atom is -0.396 e. The van der Waals surface area contributed by atoms with E-state index < -0.39 is 0 Å². The molecule has 1 atom stereocenters. The summed E-state index contributed by atoms with van der Waals surface area (Å²) in [4.78, 5) is 17.9. The van der Waals surface area contributed by atoms with Gasteiger partial charge in [-0.1, -0.05) is 123 Å². The summed E-state index contributed by atoms with van der Waals surface area (Å²) in [6.45, 7) is 6.80. The molecule has 0 spiro atoms. The molecule has 0 aromatic rings. The number of aliphatic hydroxyl groups is 1. The van der Waals surface area contributed by atoms with Crippen LogP contribution in [-0.4, -0.2) is 60.6 Å². The van der Waals surface area contributed by atoms with Crippen LogP contribution >= 0.6 is 0 Å². The van der Waals surface area contributed by atoms with E-state index in [0.717, 1.165) is 45.2 Å². The summed E-state index contributed by atoms with van der Waals surface area (Å²) in [5, 5.41) is 9.12. The summed E-state index contributed by atoms with van der Waals surface area (Å²) < 4.78 is 0. The number of hydrogen-bond donors (Lipinski definition) is 1. The molecule has 1 N–H and O–H groups in total. The lowest BCUT2D eigenvalue weighted by Gasteiger charge is -2.33. The van der Waals surface area contributed by atoms with Crippen LogP contribution in [0.25, 0.3) is 0 Å². The minimum atomic E-state index is 0.302. The van der Waals surface area contributed by atoms with E-state index in [1.54, 1.807) is 0 Å². The van der Waals surface area contributed by atoms with Gasteiger partial charge in [0.1, 0.15) is 0 Å². The highest BCUT2D eigenvalue weighted by atomic mass is 16.2. The van der Waals surface area contributed by atoms with Crippen molar-refractivity contribution in [2.24, 2.45) is 0 Å². The second kappa shape index (κ2) is 27.4. The van der Waals surface area contributed by atoms with Crippen molar-refractivity contribution < 1.29 is 9.90 Å². The van der Waals surface area contributed by atoms with Crippen LogP contribution < -0.4 is 0 Å². The van der Waals surface area contributed by atoms with E-state index in [1.165, 1.54) is 109 Å². The molecule has 0 heterocycles. The molecule has 0 rings (SSSR count). The number of nitrogens with zero attached hydrogens (tertiary/aromatic N) is 2. The van der Waals surface area contributed by atoms with Gasteiger partial charge >= 0.3 is 0 Å². The second-order valence-corrected chi connectivity index (χ2v) is 11.5. The normalized spacial score (nSPS) is 12.4. The van der Waals surface area contributed by atoms with E-state index in [0.29, 0.717) is 25.0 Å². The topological polar surface area (TPSA) is 43.8 Å². The van der Waals surface area contributed by atoms with Crippen molar-refractivity contribution in [1.82, 2.24) is 9.80 Å². The van der Waals surface area contributed by atoms with Crippen molar-refractivity contribution in [3.8, 4) is 0 Å². The van der Waals surface area contributed by atoms with Crippen molar-refractivity contribution in [3.05, 3.63) is 0 Å². The summed E-state index contributed by atoms with van der Waals surface area (Å²) in [6, 6.07) is 0.408. The van der Waals surface area contributed by atoms with Crippen molar-refractivity contribution in [3.63, 3.8) is 0 Å². The van der Waals surface area contributed by atoms with Gasteiger partial charge in [-0.3, -0.25) is 4.79 Å². The molecule has 0 bridgehead atoms. The van der Waals surface area contributed by atoms with E-state index in [2.05, 4.69) is 37.7 Å². The number of hydrogen-bond acceptors (Lipinski definition) is 3. The quantitative estimate of drug-likeness (QED) is 0.107. The van der Waals surface area contributed by atoms with E-state index in [-0.39, 0.29) is 0 Å². The number of amides is 1. The Hall–Kier alpha value is -0.610. The predicted molar refractivity (Wildman–Crippen MR) is 159 cm³/mol. The van der Waals surface area contributed by atoms with Gasteiger partial charge in [0.15, 0.2) is 0 Å². The fraction of sp³-hybridized carbons (Fsp3) is 0.969. The van der Waals surface area contributed by atoms with Crippen LogP contribution in [0, 0.1) is 0 Å². The molecule has 0 radical (unpaired) electrons. The van der Waals surface area contributed by atoms with E-state index in [1.807, 2.05) is 0 Å². The number of carbonyl (C=O) groups excluding carboxylic acids is 1. The standard InChI is InChI=1S/C32H66N2O2/c1-5-7-9-11-13-15-18-22-29-34(32(36)27-24-28-33(3)4)31(26-21-17-19-23-30-35)25-20-16-14-12-10-8-6-2/h31,35H,5-30H2,1-4H3. The fourth-order valence-corrected chi connectivity index (χ4v) is 5.26. The van der Waals surface area contributed by atoms with Crippen molar-refractivity contribution in [1.29, 1.82) is 0 Å². The minimum absolute atomic E-state index is 0.302. The molecule has 216 valence electrons. The Morgan fingerprint density at radius 3 is 1.50 bits per heavy atom. The molecule has 0 aromatic heterocycles. The third-order valence-corrected chi connectivity index (χ3v) is 7.60. The Morgan fingerprint density at radius 1 is 0.583 bits per heavy atom. The zero-order valence-electron chi connectivity index (χ0n) is 25.2. The highest BCUT2D eigenvalue weighted by Gasteiger charge is 2.22. The van der Waals surface area contributed by atoms with Gasteiger partial charge in [0.25, 0.3) is 0 Å². The molecule has 0 fully saturated rings. The summed E-state index contributed by atoms with van der Waals surface area (Å²) in [6.07, 6.45) is 28.2. The van der Waals surface area contributed by atoms with Gasteiger partial charge in [-0.25, -0.2) is 0 Å². The first-order valence-electron chi connectivity index (χ1n) is 16.1. The highest BCUT2D eigenvalue weighted by molar-refractivity contribution is 5.76. The molecular weight excluding hydrogens is 444 g/mol. The molecule has 0 aliphatic rings. The summed E-state index contributed by atoms with van der Waals surface area (Å²) in [7, 11) is 4.19. The number of rotatable bonds is 28. The lowest BCUT2D eigenvalue weighted by atomic mass is 9.98. The summed E-state index contributed by atoms with van der Waals surface area (Å²) >= 11 is 0. The average Bonchev–Trinajstić information content (AvgIpc) is 2.86. The van der Waals surface area contributed by atoms with Crippen molar-refractivity contribution in [2.45, 2.75) is 168 Å². The maximum absolute atomic E-state index is 13.4. The lowest BCUT2D eigenvalue weighted by Crippen LogP contribution is -2.41. The van der Waals surface area contributed by atoms with Gasteiger partial charge < -0.3 is 14.9 Å². The summed E-state index contributed by atoms with van der Waals surface area (Å²) in [5.41, 5.74) is 0. The molecule has 0 aliphatic heterocycles. The second-order valence-electron chi connectivity index (χ2n) is 11.5. The van der Waals surface area contributed by atoms with Crippen molar-refractivity contribution in [2.75, 3.05) is 33.8 Å². The summed E-state index contributed by atoms with van der Waals surface area (Å²) in [5.74, 6) is 0.392. The van der Waals surface area contributed by atoms with Gasteiger partial charge in [-0.15, -0.1) is 0 Å². The van der Waals surface area contributed by atoms with Gasteiger partial charge in [0, 0.05) is 25.6 Å². The predicted octanol–water partition coefficient (Wildman–Crippen LogP) is 8.75. The zero-order valence-corrected chi connectivity index (χ0v) is 25.2. The number of unbranched alkanes of at least 4 members (excludes halogenated alkanes) is 16. The maximum atomic E-state index is 13.4. The van der Waals surface area contributed by atoms with Crippen molar-refractivity contribution >= 4 is 5.91 Å². The van der Waals surface area contributed by atoms with E-state index in [9.17, 15) is 4.79 Å². The molecule has 0 saturated heterocycles. The van der Waals surface area contributed by atoms with E-state index in [4.69, 9.17) is 5.11 Å². The molecule has 0 saturated carbocycles. The van der Waals surface area contributed by atoms with Gasteiger partial charge in [-0.05, 0) is 52.7 Å². The smallest absolute Gasteiger partial charge is 0.222 e. The largest absolute Gasteiger partial charge is 0.396 e. The van der Waals surface area contributed by atoms with Crippen LogP contribution in [0.3, 0.4) is 0 Å². The Balaban J connectivity index is 4.86. The van der Waals surface area contributed by atoms with Crippen LogP contribution in [0.2, 0.25) is 0 Å². The molecule has 1 unspecified atom stereocenters. The average molecular weight is 511 g/mol. The molecule has 36 heavy (non-hydrogen) atoms. The first-order valence-corrected chi connectivity index (χ1v) is 16.1. The molecule has 4 nitrogen and oxygen atoms in total. The van der Waals surface area contributed by atoms with Crippen LogP contribution in [0.15, 0.2) is 0 Å². The SMILES string of the molecule is CCCCCCCCCCN(C(=O)CCCN(C)C)C(CCCCCCO)CCCCCCCCC. The third-order valence-electron chi connectivity index (χ3n) is 7.60. The molecular formula is C32H66N2O2. The van der Waals surface area contributed by atoms with E-state index >= 15 is 0 Å². The lowest BCUT2D eigenvalue weighted by molar-refractivity contribution is -0.134. The molecule has 1 amide bonds. The first kappa shape index (κ1) is 35.4. The number of aliphatic hydroxyl groups excluding tert-OH is 1. The molecule has 4 heteroatoms. The maximum Gasteiger partial charge on any atom is 0.222 e. The van der Waals surface area contributed by atoms with Crippen LogP contribution in [0.5, 0.6) is 0 Å². The fourth-order valence-electron chi connectivity index (χ4n) is 5.26. The molecule has 0 aliphatic carbocycles. The van der Waals surface area contributed by atoms with Gasteiger partial charge in [0.05, 0.1) is 0 Å². The first-order chi connectivity index (χ1) is 17.6. The Bertz CT molecular complexity index is 455. The van der Waals surface area contributed by atoms with Crippen LogP contribution in [-0.2, 0) is 4.79 Å². The molecule has 0 aromatic carbocycles. The Kier molecular flexibility index (Phi) is 27.0. The Morgan fingerprint density at radius 2 is 1.03 bits per heavy atom. The van der Waals surface area contributed by atoms with Gasteiger partial charge in [0.2, 0.25) is 5.91 Å². The van der Waals surface area contributed by atoms with Crippen LogP contribution in [0.1, 0.15) is 162 Å². The third kappa shape index (κ3) is 22.6. The Labute approximate surface area is 227 Å². The zero-order chi connectivity index (χ0) is 26.7.